The molecule has 1 fully saturated rings. The predicted molar refractivity (Wildman–Crippen MR) is 122 cm³/mol. The van der Waals surface area contributed by atoms with Crippen LogP contribution in [0.3, 0.4) is 0 Å². The molecule has 0 unspecified atom stereocenters. The highest BCUT2D eigenvalue weighted by Crippen LogP contribution is 2.35. The van der Waals surface area contributed by atoms with E-state index in [4.69, 9.17) is 4.74 Å². The first kappa shape index (κ1) is 20.2. The quantitative estimate of drug-likeness (QED) is 0.281. The summed E-state index contributed by atoms with van der Waals surface area (Å²) < 4.78 is 7.55. The number of fused-ring (bicyclic) bond motifs is 1. The van der Waals surface area contributed by atoms with E-state index in [0.717, 1.165) is 41.1 Å². The zero-order chi connectivity index (χ0) is 21.9. The van der Waals surface area contributed by atoms with E-state index in [1.165, 1.54) is 25.5 Å². The van der Waals surface area contributed by atoms with Crippen LogP contribution < -0.4 is 4.74 Å². The van der Waals surface area contributed by atoms with Crippen molar-refractivity contribution >= 4 is 11.3 Å². The summed E-state index contributed by atoms with van der Waals surface area (Å²) >= 11 is 0. The van der Waals surface area contributed by atoms with Gasteiger partial charge in [0.2, 0.25) is 5.65 Å². The van der Waals surface area contributed by atoms with Gasteiger partial charge >= 0.3 is 5.69 Å². The first-order valence-electron chi connectivity index (χ1n) is 11.0. The zero-order valence-electron chi connectivity index (χ0n) is 17.7. The minimum absolute atomic E-state index is 0.0632. The fourth-order valence-electron chi connectivity index (χ4n) is 4.40. The molecule has 32 heavy (non-hydrogen) atoms. The Morgan fingerprint density at radius 2 is 1.78 bits per heavy atom. The number of benzene rings is 2. The molecule has 1 saturated carbocycles. The van der Waals surface area contributed by atoms with Gasteiger partial charge < -0.3 is 4.74 Å². The predicted octanol–water partition coefficient (Wildman–Crippen LogP) is 5.93. The molecule has 2 aromatic heterocycles. The van der Waals surface area contributed by atoms with Crippen molar-refractivity contribution in [3.63, 3.8) is 0 Å². The molecule has 0 bridgehead atoms. The molecule has 0 atom stereocenters. The van der Waals surface area contributed by atoms with E-state index in [1.54, 1.807) is 4.52 Å². The summed E-state index contributed by atoms with van der Waals surface area (Å²) in [4.78, 5) is 15.8. The number of rotatable bonds is 6. The monoisotopic (exact) mass is 428 g/mol. The number of nitro groups is 1. The van der Waals surface area contributed by atoms with Crippen LogP contribution in [0.2, 0.25) is 0 Å². The maximum Gasteiger partial charge on any atom is 0.333 e. The normalized spacial score (nSPS) is 14.5. The zero-order valence-corrected chi connectivity index (χ0v) is 17.7. The van der Waals surface area contributed by atoms with E-state index in [9.17, 15) is 10.1 Å². The van der Waals surface area contributed by atoms with Crippen molar-refractivity contribution in [2.24, 2.45) is 0 Å². The van der Waals surface area contributed by atoms with E-state index >= 15 is 0 Å². The largest absolute Gasteiger partial charge is 0.489 e. The maximum absolute atomic E-state index is 11.5. The Labute approximate surface area is 185 Å². The van der Waals surface area contributed by atoms with E-state index in [2.05, 4.69) is 10.1 Å². The van der Waals surface area contributed by atoms with Crippen LogP contribution in [-0.2, 0) is 6.61 Å². The molecule has 0 saturated heterocycles. The highest BCUT2D eigenvalue weighted by atomic mass is 16.6. The highest BCUT2D eigenvalue weighted by molar-refractivity contribution is 5.68. The van der Waals surface area contributed by atoms with E-state index in [0.29, 0.717) is 18.2 Å². The Morgan fingerprint density at radius 1 is 1.03 bits per heavy atom. The van der Waals surface area contributed by atoms with Crippen molar-refractivity contribution < 1.29 is 9.66 Å². The Kier molecular flexibility index (Phi) is 5.54. The third-order valence-electron chi connectivity index (χ3n) is 6.10. The lowest BCUT2D eigenvalue weighted by molar-refractivity contribution is -0.383. The first-order chi connectivity index (χ1) is 15.7. The fourth-order valence-corrected chi connectivity index (χ4v) is 4.40. The summed E-state index contributed by atoms with van der Waals surface area (Å²) in [6, 6.07) is 19.8. The van der Waals surface area contributed by atoms with Crippen LogP contribution in [0.1, 0.15) is 49.3 Å². The van der Waals surface area contributed by atoms with Gasteiger partial charge in [-0.25, -0.2) is 9.50 Å². The number of hydrogen-bond donors (Lipinski definition) is 0. The molecule has 0 radical (unpaired) electrons. The van der Waals surface area contributed by atoms with Crippen LogP contribution >= 0.6 is 0 Å². The lowest BCUT2D eigenvalue weighted by Crippen LogP contribution is -2.11. The Balaban J connectivity index is 1.47. The van der Waals surface area contributed by atoms with Crippen molar-refractivity contribution in [3.05, 3.63) is 88.2 Å². The van der Waals surface area contributed by atoms with Crippen LogP contribution in [0.15, 0.2) is 66.9 Å². The molecule has 1 aliphatic rings. The van der Waals surface area contributed by atoms with E-state index in [-0.39, 0.29) is 5.69 Å². The topological polar surface area (TPSA) is 82.6 Å². The standard InChI is InChI=1S/C25H24N4O3/c30-29(31)24-16-26-28-23(20-9-5-2-6-10-20)15-22(27-25(24)28)19-11-13-21(14-12-19)32-17-18-7-3-1-4-8-18/h1,3-4,7-8,11-16,20H,2,5-6,9-10,17H2. The molecule has 0 amide bonds. The van der Waals surface area contributed by atoms with Crippen molar-refractivity contribution in [2.75, 3.05) is 0 Å². The Bertz CT molecular complexity index is 1230. The van der Waals surface area contributed by atoms with Crippen molar-refractivity contribution in [1.29, 1.82) is 0 Å². The van der Waals surface area contributed by atoms with Gasteiger partial charge in [0.1, 0.15) is 18.6 Å². The summed E-state index contributed by atoms with van der Waals surface area (Å²) in [5.41, 5.74) is 3.96. The summed E-state index contributed by atoms with van der Waals surface area (Å²) in [5, 5.41) is 15.9. The van der Waals surface area contributed by atoms with Gasteiger partial charge in [-0.05, 0) is 48.7 Å². The van der Waals surface area contributed by atoms with E-state index in [1.807, 2.05) is 60.7 Å². The van der Waals surface area contributed by atoms with Gasteiger partial charge in [-0.15, -0.1) is 0 Å². The molecule has 0 aliphatic heterocycles. The molecule has 0 spiro atoms. The van der Waals surface area contributed by atoms with Crippen LogP contribution in [0.4, 0.5) is 5.69 Å². The lowest BCUT2D eigenvalue weighted by atomic mass is 9.86. The third-order valence-corrected chi connectivity index (χ3v) is 6.10. The number of nitrogens with zero attached hydrogens (tertiary/aromatic N) is 4. The summed E-state index contributed by atoms with van der Waals surface area (Å²) in [7, 11) is 0. The molecule has 7 nitrogen and oxygen atoms in total. The Morgan fingerprint density at radius 3 is 2.50 bits per heavy atom. The molecule has 1 aliphatic carbocycles. The molecule has 0 N–H and O–H groups in total. The van der Waals surface area contributed by atoms with Crippen molar-refractivity contribution in [3.8, 4) is 17.0 Å². The summed E-state index contributed by atoms with van der Waals surface area (Å²) in [6.07, 6.45) is 7.01. The second-order valence-electron chi connectivity index (χ2n) is 8.22. The van der Waals surface area contributed by atoms with Gasteiger partial charge in [0.05, 0.1) is 10.6 Å². The fraction of sp³-hybridized carbons (Fsp3) is 0.280. The number of aromatic nitrogens is 3. The molecular formula is C25H24N4O3. The molecule has 7 heteroatoms. The van der Waals surface area contributed by atoms with Crippen LogP contribution in [0.25, 0.3) is 16.9 Å². The summed E-state index contributed by atoms with van der Waals surface area (Å²) in [6.45, 7) is 0.498. The first-order valence-corrected chi connectivity index (χ1v) is 11.0. The minimum atomic E-state index is -0.412. The van der Waals surface area contributed by atoms with Gasteiger partial charge in [-0.1, -0.05) is 49.6 Å². The molecule has 2 aromatic carbocycles. The average molecular weight is 428 g/mol. The molecule has 4 aromatic rings. The Hall–Kier alpha value is -3.74. The highest BCUT2D eigenvalue weighted by Gasteiger charge is 2.25. The second kappa shape index (κ2) is 8.78. The van der Waals surface area contributed by atoms with Crippen molar-refractivity contribution in [2.45, 2.75) is 44.6 Å². The van der Waals surface area contributed by atoms with Crippen molar-refractivity contribution in [1.82, 2.24) is 14.6 Å². The molecule has 162 valence electrons. The van der Waals surface area contributed by atoms with Gasteiger partial charge in [0, 0.05) is 17.2 Å². The lowest BCUT2D eigenvalue weighted by Gasteiger charge is -2.22. The van der Waals surface area contributed by atoms with Crippen LogP contribution in [0, 0.1) is 10.1 Å². The average Bonchev–Trinajstić information content (AvgIpc) is 3.28. The van der Waals surface area contributed by atoms with Crippen LogP contribution in [0.5, 0.6) is 5.75 Å². The van der Waals surface area contributed by atoms with Gasteiger partial charge in [-0.2, -0.15) is 5.10 Å². The minimum Gasteiger partial charge on any atom is -0.489 e. The summed E-state index contributed by atoms with van der Waals surface area (Å²) in [5.74, 6) is 1.10. The van der Waals surface area contributed by atoms with Crippen LogP contribution in [-0.4, -0.2) is 19.5 Å². The number of ether oxygens (including phenoxy) is 1. The SMILES string of the molecule is O=[N+]([O-])c1cnn2c(C3CCCCC3)cc(-c3ccc(OCc4ccccc4)cc3)nc12. The third kappa shape index (κ3) is 4.06. The molecule has 5 rings (SSSR count). The second-order valence-corrected chi connectivity index (χ2v) is 8.22. The molecular weight excluding hydrogens is 404 g/mol. The van der Waals surface area contributed by atoms with Gasteiger partial charge in [-0.3, -0.25) is 10.1 Å². The van der Waals surface area contributed by atoms with Gasteiger partial charge in [0.25, 0.3) is 0 Å². The number of hydrogen-bond acceptors (Lipinski definition) is 5. The maximum atomic E-state index is 11.5. The molecule has 2 heterocycles. The van der Waals surface area contributed by atoms with E-state index < -0.39 is 4.92 Å². The van der Waals surface area contributed by atoms with Gasteiger partial charge in [0.15, 0.2) is 0 Å². The smallest absolute Gasteiger partial charge is 0.333 e.